The second-order valence-corrected chi connectivity index (χ2v) is 7.03. The molecule has 0 spiro atoms. The van der Waals surface area contributed by atoms with Crippen molar-refractivity contribution in [2.24, 2.45) is 0 Å². The van der Waals surface area contributed by atoms with E-state index in [0.29, 0.717) is 19.0 Å². The molecule has 4 nitrogen and oxygen atoms in total. The van der Waals surface area contributed by atoms with Crippen LogP contribution in [-0.2, 0) is 10.3 Å². The molecule has 2 aromatic carbocycles. The first-order chi connectivity index (χ1) is 12.3. The topological polar surface area (TPSA) is 36.9 Å². The Hall–Kier alpha value is -2.20. The fourth-order valence-electron chi connectivity index (χ4n) is 2.61. The number of methoxy groups -OCH3 is 1. The Kier molecular flexibility index (Phi) is 6.92. The second kappa shape index (κ2) is 8.95. The van der Waals surface area contributed by atoms with Crippen LogP contribution >= 0.6 is 0 Å². The lowest BCUT2D eigenvalue weighted by molar-refractivity contribution is 0.0159. The number of benzene rings is 2. The molecule has 0 aliphatic heterocycles. The van der Waals surface area contributed by atoms with Crippen molar-refractivity contribution in [2.75, 3.05) is 20.3 Å². The fourth-order valence-corrected chi connectivity index (χ4v) is 2.61. The van der Waals surface area contributed by atoms with Crippen LogP contribution < -0.4 is 14.2 Å². The lowest BCUT2D eigenvalue weighted by Gasteiger charge is -2.28. The highest BCUT2D eigenvalue weighted by molar-refractivity contribution is 5.51. The van der Waals surface area contributed by atoms with Gasteiger partial charge in [-0.05, 0) is 64.4 Å². The van der Waals surface area contributed by atoms with Crippen molar-refractivity contribution in [1.82, 2.24) is 0 Å². The Morgan fingerprint density at radius 2 is 1.62 bits per heavy atom. The number of ether oxygens (including phenoxy) is 4. The summed E-state index contributed by atoms with van der Waals surface area (Å²) in [6.45, 7) is 11.0. The molecule has 0 N–H and O–H groups in total. The molecule has 0 unspecified atom stereocenters. The maximum atomic E-state index is 6.10. The van der Waals surface area contributed by atoms with Crippen LogP contribution in [0.15, 0.2) is 42.5 Å². The van der Waals surface area contributed by atoms with Gasteiger partial charge >= 0.3 is 0 Å². The summed E-state index contributed by atoms with van der Waals surface area (Å²) in [7, 11) is 1.70. The largest absolute Gasteiger partial charge is 0.490 e. The molecule has 0 aromatic heterocycles. The molecule has 0 fully saturated rings. The molecule has 2 aromatic rings. The smallest absolute Gasteiger partial charge is 0.167 e. The minimum atomic E-state index is -0.489. The molecule has 0 bridgehead atoms. The van der Waals surface area contributed by atoms with Crippen molar-refractivity contribution >= 4 is 0 Å². The molecular weight excluding hydrogens is 328 g/mol. The normalized spacial score (nSPS) is 11.5. The zero-order valence-electron chi connectivity index (χ0n) is 16.7. The zero-order chi connectivity index (χ0) is 19.2. The second-order valence-electron chi connectivity index (χ2n) is 7.03. The molecule has 0 saturated heterocycles. The first-order valence-electron chi connectivity index (χ1n) is 9.01. The molecule has 0 radical (unpaired) electrons. The molecule has 26 heavy (non-hydrogen) atoms. The van der Waals surface area contributed by atoms with E-state index in [9.17, 15) is 0 Å². The highest BCUT2D eigenvalue weighted by atomic mass is 16.5. The van der Waals surface area contributed by atoms with Gasteiger partial charge in [0.05, 0.1) is 11.7 Å². The Morgan fingerprint density at radius 1 is 0.962 bits per heavy atom. The monoisotopic (exact) mass is 358 g/mol. The van der Waals surface area contributed by atoms with E-state index in [1.165, 1.54) is 0 Å². The minimum Gasteiger partial charge on any atom is -0.490 e. The van der Waals surface area contributed by atoms with E-state index >= 15 is 0 Å². The van der Waals surface area contributed by atoms with Gasteiger partial charge in [-0.2, -0.15) is 0 Å². The van der Waals surface area contributed by atoms with Crippen LogP contribution in [0.2, 0.25) is 0 Å². The van der Waals surface area contributed by atoms with Gasteiger partial charge in [0.15, 0.2) is 11.5 Å². The van der Waals surface area contributed by atoms with Gasteiger partial charge in [0, 0.05) is 12.7 Å². The Bertz CT molecular complexity index is 693. The van der Waals surface area contributed by atoms with E-state index in [1.54, 1.807) is 7.11 Å². The average Bonchev–Trinajstić information content (AvgIpc) is 2.60. The van der Waals surface area contributed by atoms with E-state index in [0.717, 1.165) is 22.6 Å². The van der Waals surface area contributed by atoms with Crippen LogP contribution in [-0.4, -0.2) is 26.4 Å². The summed E-state index contributed by atoms with van der Waals surface area (Å²) in [5.41, 5.74) is 1.58. The van der Waals surface area contributed by atoms with Crippen LogP contribution in [0, 0.1) is 6.92 Å². The molecule has 4 heteroatoms. The molecular formula is C22H30O4. The summed E-state index contributed by atoms with van der Waals surface area (Å²) >= 11 is 0. The molecule has 0 heterocycles. The van der Waals surface area contributed by atoms with E-state index in [-0.39, 0.29) is 6.10 Å². The van der Waals surface area contributed by atoms with Crippen LogP contribution in [0.25, 0.3) is 0 Å². The summed E-state index contributed by atoms with van der Waals surface area (Å²) in [5.74, 6) is 2.28. The average molecular weight is 358 g/mol. The molecule has 142 valence electrons. The third kappa shape index (κ3) is 5.40. The van der Waals surface area contributed by atoms with E-state index in [2.05, 4.69) is 6.07 Å². The van der Waals surface area contributed by atoms with Crippen LogP contribution in [0.5, 0.6) is 17.2 Å². The predicted octanol–water partition coefficient (Wildman–Crippen LogP) is 5.12. The van der Waals surface area contributed by atoms with Gasteiger partial charge in [0.25, 0.3) is 0 Å². The first-order valence-corrected chi connectivity index (χ1v) is 9.01. The van der Waals surface area contributed by atoms with Crippen molar-refractivity contribution in [3.63, 3.8) is 0 Å². The molecule has 2 rings (SSSR count). The minimum absolute atomic E-state index is 0.0539. The highest BCUT2D eigenvalue weighted by Gasteiger charge is 2.27. The maximum Gasteiger partial charge on any atom is 0.167 e. The Labute approximate surface area is 157 Å². The summed E-state index contributed by atoms with van der Waals surface area (Å²) in [5, 5.41) is 0. The fraction of sp³-hybridized carbons (Fsp3) is 0.455. The third-order valence-corrected chi connectivity index (χ3v) is 4.06. The Balaban J connectivity index is 2.20. The predicted molar refractivity (Wildman–Crippen MR) is 104 cm³/mol. The van der Waals surface area contributed by atoms with Crippen molar-refractivity contribution < 1.29 is 18.9 Å². The van der Waals surface area contributed by atoms with E-state index in [4.69, 9.17) is 18.9 Å². The van der Waals surface area contributed by atoms with Gasteiger partial charge < -0.3 is 18.9 Å². The standard InChI is InChI=1S/C22H30O4/c1-16(2)26-20-15-17(3)14-19(22(4,5)23-6)21(20)25-13-12-24-18-10-8-7-9-11-18/h7-11,14-16H,12-13H2,1-6H3. The highest BCUT2D eigenvalue weighted by Crippen LogP contribution is 2.40. The van der Waals surface area contributed by atoms with Crippen molar-refractivity contribution in [2.45, 2.75) is 46.3 Å². The van der Waals surface area contributed by atoms with Crippen molar-refractivity contribution in [1.29, 1.82) is 0 Å². The van der Waals surface area contributed by atoms with Crippen LogP contribution in [0.4, 0.5) is 0 Å². The molecule has 0 aliphatic rings. The van der Waals surface area contributed by atoms with Gasteiger partial charge in [0.2, 0.25) is 0 Å². The van der Waals surface area contributed by atoms with Crippen molar-refractivity contribution in [3.05, 3.63) is 53.6 Å². The summed E-state index contributed by atoms with van der Waals surface area (Å²) in [6, 6.07) is 13.8. The molecule has 0 saturated carbocycles. The van der Waals surface area contributed by atoms with Gasteiger partial charge in [-0.25, -0.2) is 0 Å². The quantitative estimate of drug-likeness (QED) is 0.583. The maximum absolute atomic E-state index is 6.10. The van der Waals surface area contributed by atoms with Crippen LogP contribution in [0.3, 0.4) is 0 Å². The number of rotatable bonds is 9. The van der Waals surface area contributed by atoms with Gasteiger partial charge in [0.1, 0.15) is 19.0 Å². The summed E-state index contributed by atoms with van der Waals surface area (Å²) in [6.07, 6.45) is 0.0539. The first kappa shape index (κ1) is 20.1. The molecule has 0 amide bonds. The lowest BCUT2D eigenvalue weighted by Crippen LogP contribution is -2.22. The van der Waals surface area contributed by atoms with Crippen molar-refractivity contribution in [3.8, 4) is 17.2 Å². The number of aryl methyl sites for hydroxylation is 1. The number of hydrogen-bond acceptors (Lipinski definition) is 4. The molecule has 0 atom stereocenters. The number of hydrogen-bond donors (Lipinski definition) is 0. The molecule has 0 aliphatic carbocycles. The van der Waals surface area contributed by atoms with Gasteiger partial charge in [-0.3, -0.25) is 0 Å². The van der Waals surface area contributed by atoms with E-state index in [1.807, 2.05) is 71.0 Å². The summed E-state index contributed by atoms with van der Waals surface area (Å²) in [4.78, 5) is 0. The van der Waals surface area contributed by atoms with Gasteiger partial charge in [-0.15, -0.1) is 0 Å². The van der Waals surface area contributed by atoms with E-state index < -0.39 is 5.60 Å². The van der Waals surface area contributed by atoms with Gasteiger partial charge in [-0.1, -0.05) is 18.2 Å². The lowest BCUT2D eigenvalue weighted by atomic mass is 9.94. The third-order valence-electron chi connectivity index (χ3n) is 4.06. The summed E-state index contributed by atoms with van der Waals surface area (Å²) < 4.78 is 23.5. The zero-order valence-corrected chi connectivity index (χ0v) is 16.7. The van der Waals surface area contributed by atoms with Crippen LogP contribution in [0.1, 0.15) is 38.8 Å². The number of para-hydroxylation sites is 1. The Morgan fingerprint density at radius 3 is 2.23 bits per heavy atom. The SMILES string of the molecule is COC(C)(C)c1cc(C)cc(OC(C)C)c1OCCOc1ccccc1.